The van der Waals surface area contributed by atoms with E-state index in [0.29, 0.717) is 12.1 Å². The number of benzene rings is 1. The Labute approximate surface area is 99.8 Å². The highest BCUT2D eigenvalue weighted by Crippen LogP contribution is 2.35. The minimum atomic E-state index is 0.0304. The highest BCUT2D eigenvalue weighted by Gasteiger charge is 2.29. The van der Waals surface area contributed by atoms with E-state index in [1.807, 2.05) is 12.1 Å². The fourth-order valence-electron chi connectivity index (χ4n) is 2.19. The van der Waals surface area contributed by atoms with E-state index >= 15 is 0 Å². The lowest BCUT2D eigenvalue weighted by Gasteiger charge is -2.31. The molecular weight excluding hydrogens is 214 g/mol. The summed E-state index contributed by atoms with van der Waals surface area (Å²) in [5.41, 5.74) is 2.44. The fraction of sp³-hybridized carbons (Fsp3) is 0.385. The monoisotopic (exact) mass is 227 g/mol. The molecule has 1 N–H and O–H groups in total. The van der Waals surface area contributed by atoms with Gasteiger partial charge in [0, 0.05) is 6.54 Å². The Morgan fingerprint density at radius 3 is 3.00 bits per heavy atom. The zero-order valence-electron chi connectivity index (χ0n) is 9.44. The summed E-state index contributed by atoms with van der Waals surface area (Å²) < 4.78 is 0. The zero-order chi connectivity index (χ0) is 11.8. The summed E-state index contributed by atoms with van der Waals surface area (Å²) in [6.07, 6.45) is 2.51. The first-order valence-corrected chi connectivity index (χ1v) is 5.85. The van der Waals surface area contributed by atoms with E-state index in [9.17, 15) is 4.79 Å². The molecule has 0 unspecified atom stereocenters. The fourth-order valence-corrected chi connectivity index (χ4v) is 2.19. The van der Waals surface area contributed by atoms with Crippen molar-refractivity contribution in [3.8, 4) is 6.07 Å². The molecule has 17 heavy (non-hydrogen) atoms. The molecule has 1 aromatic rings. The lowest BCUT2D eigenvalue weighted by molar-refractivity contribution is -0.115. The number of carbonyl (C=O) groups excluding carboxylic acids is 1. The average Bonchev–Trinajstić information content (AvgIpc) is 3.12. The first-order valence-electron chi connectivity index (χ1n) is 5.85. The molecule has 1 saturated carbocycles. The molecule has 0 spiro atoms. The molecule has 0 bridgehead atoms. The van der Waals surface area contributed by atoms with Gasteiger partial charge in [-0.3, -0.25) is 4.79 Å². The lowest BCUT2D eigenvalue weighted by Crippen LogP contribution is -2.39. The lowest BCUT2D eigenvalue weighted by atomic mass is 10.1. The highest BCUT2D eigenvalue weighted by molar-refractivity contribution is 6.01. The van der Waals surface area contributed by atoms with Crippen LogP contribution in [0.4, 0.5) is 11.4 Å². The van der Waals surface area contributed by atoms with Crippen molar-refractivity contribution in [2.45, 2.75) is 12.8 Å². The van der Waals surface area contributed by atoms with Crippen molar-refractivity contribution in [3.63, 3.8) is 0 Å². The molecule has 86 valence electrons. The van der Waals surface area contributed by atoms with Crippen LogP contribution in [-0.4, -0.2) is 19.0 Å². The van der Waals surface area contributed by atoms with Crippen molar-refractivity contribution in [1.29, 1.82) is 5.26 Å². The van der Waals surface area contributed by atoms with Crippen LogP contribution in [0, 0.1) is 17.2 Å². The Balaban J connectivity index is 1.96. The standard InChI is InChI=1S/C13H13N3O/c14-6-10-3-4-11-12(5-10)16(7-9-1-2-9)8-13(17)15-11/h3-5,9H,1-2,7-8H2,(H,15,17). The number of carbonyl (C=O) groups is 1. The van der Waals surface area contributed by atoms with Gasteiger partial charge in [-0.05, 0) is 37.0 Å². The molecule has 3 rings (SSSR count). The van der Waals surface area contributed by atoms with Gasteiger partial charge in [0.1, 0.15) is 0 Å². The van der Waals surface area contributed by atoms with E-state index in [0.717, 1.165) is 23.8 Å². The predicted octanol–water partition coefficient (Wildman–Crippen LogP) is 1.73. The third-order valence-corrected chi connectivity index (χ3v) is 3.25. The first-order chi connectivity index (χ1) is 8.26. The van der Waals surface area contributed by atoms with Crippen LogP contribution in [0.15, 0.2) is 18.2 Å². The molecule has 0 saturated heterocycles. The molecule has 1 amide bonds. The van der Waals surface area contributed by atoms with Gasteiger partial charge >= 0.3 is 0 Å². The van der Waals surface area contributed by atoms with E-state index in [4.69, 9.17) is 5.26 Å². The number of hydrogen-bond acceptors (Lipinski definition) is 3. The van der Waals surface area contributed by atoms with Crippen molar-refractivity contribution in [3.05, 3.63) is 23.8 Å². The summed E-state index contributed by atoms with van der Waals surface area (Å²) >= 11 is 0. The molecule has 0 aromatic heterocycles. The minimum absolute atomic E-state index is 0.0304. The van der Waals surface area contributed by atoms with E-state index < -0.39 is 0 Å². The largest absolute Gasteiger partial charge is 0.360 e. The Kier molecular flexibility index (Phi) is 2.25. The highest BCUT2D eigenvalue weighted by atomic mass is 16.2. The van der Waals surface area contributed by atoms with Crippen molar-refractivity contribution in [2.24, 2.45) is 5.92 Å². The molecule has 1 fully saturated rings. The number of rotatable bonds is 2. The molecule has 2 aliphatic rings. The molecule has 0 atom stereocenters. The molecule has 4 nitrogen and oxygen atoms in total. The molecule has 4 heteroatoms. The van der Waals surface area contributed by atoms with Gasteiger partial charge in [0.15, 0.2) is 0 Å². The molecule has 1 aromatic carbocycles. The Hall–Kier alpha value is -2.02. The van der Waals surface area contributed by atoms with Crippen LogP contribution in [0.1, 0.15) is 18.4 Å². The van der Waals surface area contributed by atoms with E-state index in [1.165, 1.54) is 12.8 Å². The van der Waals surface area contributed by atoms with E-state index in [-0.39, 0.29) is 5.91 Å². The van der Waals surface area contributed by atoms with Gasteiger partial charge < -0.3 is 10.2 Å². The predicted molar refractivity (Wildman–Crippen MR) is 64.7 cm³/mol. The molecule has 1 aliphatic carbocycles. The second kappa shape index (κ2) is 3.77. The quantitative estimate of drug-likeness (QED) is 0.837. The van der Waals surface area contributed by atoms with Crippen LogP contribution >= 0.6 is 0 Å². The van der Waals surface area contributed by atoms with Gasteiger partial charge in [0.2, 0.25) is 5.91 Å². The molecular formula is C13H13N3O. The Morgan fingerprint density at radius 2 is 2.29 bits per heavy atom. The zero-order valence-corrected chi connectivity index (χ0v) is 9.44. The van der Waals surface area contributed by atoms with Crippen LogP contribution in [0.2, 0.25) is 0 Å². The summed E-state index contributed by atoms with van der Waals surface area (Å²) in [5.74, 6) is 0.752. The number of hydrogen-bond donors (Lipinski definition) is 1. The summed E-state index contributed by atoms with van der Waals surface area (Å²) in [5, 5.41) is 11.8. The molecule has 0 radical (unpaired) electrons. The van der Waals surface area contributed by atoms with Crippen LogP contribution in [0.25, 0.3) is 0 Å². The molecule has 1 heterocycles. The summed E-state index contributed by atoms with van der Waals surface area (Å²) in [6.45, 7) is 1.33. The minimum Gasteiger partial charge on any atom is -0.360 e. The first kappa shape index (κ1) is 10.2. The summed E-state index contributed by atoms with van der Waals surface area (Å²) in [4.78, 5) is 13.7. The number of amides is 1. The Bertz CT molecular complexity index is 514. The van der Waals surface area contributed by atoms with Crippen molar-refractivity contribution in [2.75, 3.05) is 23.3 Å². The second-order valence-corrected chi connectivity index (χ2v) is 4.72. The molecule has 1 aliphatic heterocycles. The van der Waals surface area contributed by atoms with E-state index in [1.54, 1.807) is 6.07 Å². The second-order valence-electron chi connectivity index (χ2n) is 4.72. The number of anilines is 2. The van der Waals surface area contributed by atoms with Gasteiger partial charge in [-0.15, -0.1) is 0 Å². The van der Waals surface area contributed by atoms with Crippen molar-refractivity contribution < 1.29 is 4.79 Å². The van der Waals surface area contributed by atoms with Crippen LogP contribution in [-0.2, 0) is 4.79 Å². The number of fused-ring (bicyclic) bond motifs is 1. The van der Waals surface area contributed by atoms with Gasteiger partial charge in [-0.25, -0.2) is 0 Å². The van der Waals surface area contributed by atoms with Crippen LogP contribution < -0.4 is 10.2 Å². The number of nitriles is 1. The van der Waals surface area contributed by atoms with Gasteiger partial charge in [0.05, 0.1) is 29.6 Å². The van der Waals surface area contributed by atoms with Crippen LogP contribution in [0.3, 0.4) is 0 Å². The normalized spacial score (nSPS) is 18.3. The number of nitrogens with one attached hydrogen (secondary N) is 1. The van der Waals surface area contributed by atoms with Crippen molar-refractivity contribution in [1.82, 2.24) is 0 Å². The average molecular weight is 227 g/mol. The van der Waals surface area contributed by atoms with Crippen molar-refractivity contribution >= 4 is 17.3 Å². The topological polar surface area (TPSA) is 56.1 Å². The third-order valence-electron chi connectivity index (χ3n) is 3.25. The van der Waals surface area contributed by atoms with Crippen LogP contribution in [0.5, 0.6) is 0 Å². The summed E-state index contributed by atoms with van der Waals surface area (Å²) in [6, 6.07) is 7.54. The number of nitrogens with zero attached hydrogens (tertiary/aromatic N) is 2. The smallest absolute Gasteiger partial charge is 0.243 e. The SMILES string of the molecule is N#Cc1ccc2c(c1)N(CC1CC1)CC(=O)N2. The van der Waals surface area contributed by atoms with E-state index in [2.05, 4.69) is 16.3 Å². The third kappa shape index (κ3) is 1.96. The van der Waals surface area contributed by atoms with Gasteiger partial charge in [-0.2, -0.15) is 5.26 Å². The Morgan fingerprint density at radius 1 is 1.47 bits per heavy atom. The maximum atomic E-state index is 11.6. The maximum absolute atomic E-state index is 11.6. The van der Waals surface area contributed by atoms with Gasteiger partial charge in [0.25, 0.3) is 0 Å². The van der Waals surface area contributed by atoms with Gasteiger partial charge in [-0.1, -0.05) is 0 Å². The summed E-state index contributed by atoms with van der Waals surface area (Å²) in [7, 11) is 0. The maximum Gasteiger partial charge on any atom is 0.243 e.